The lowest BCUT2D eigenvalue weighted by Gasteiger charge is -2.44. The molecule has 0 spiro atoms. The maximum atomic E-state index is 13.8. The van der Waals surface area contributed by atoms with E-state index in [1.807, 2.05) is 84.9 Å². The van der Waals surface area contributed by atoms with Crippen molar-refractivity contribution in [2.75, 3.05) is 44.6 Å². The lowest BCUT2D eigenvalue weighted by atomic mass is 9.89. The van der Waals surface area contributed by atoms with Gasteiger partial charge in [0.25, 0.3) is 11.8 Å². The third kappa shape index (κ3) is 8.35. The number of H-pyrrole nitrogens is 1. The highest BCUT2D eigenvalue weighted by molar-refractivity contribution is 6.05. The van der Waals surface area contributed by atoms with E-state index in [1.165, 1.54) is 53.1 Å². The van der Waals surface area contributed by atoms with Gasteiger partial charge >= 0.3 is 0 Å². The van der Waals surface area contributed by atoms with E-state index in [2.05, 4.69) is 56.0 Å². The first kappa shape index (κ1) is 40.8. The van der Waals surface area contributed by atoms with Gasteiger partial charge in [-0.1, -0.05) is 36.4 Å². The van der Waals surface area contributed by atoms with Gasteiger partial charge in [-0.2, -0.15) is 0 Å². The van der Waals surface area contributed by atoms with Crippen molar-refractivity contribution in [1.29, 1.82) is 0 Å². The van der Waals surface area contributed by atoms with Gasteiger partial charge < -0.3 is 15.2 Å². The van der Waals surface area contributed by atoms with Crippen LogP contribution in [0.5, 0.6) is 0 Å². The Balaban J connectivity index is 0.850. The minimum atomic E-state index is -0.399. The molecule has 12 heteroatoms. The molecule has 4 aromatic heterocycles. The van der Waals surface area contributed by atoms with E-state index in [9.17, 15) is 14.0 Å². The number of anilines is 1. The van der Waals surface area contributed by atoms with Crippen LogP contribution >= 0.6 is 0 Å². The van der Waals surface area contributed by atoms with Gasteiger partial charge in [-0.15, -0.1) is 0 Å². The topological polar surface area (TPSA) is 123 Å². The molecule has 314 valence electrons. The van der Waals surface area contributed by atoms with Crippen LogP contribution in [-0.4, -0.2) is 90.7 Å². The molecule has 2 saturated heterocycles. The predicted molar refractivity (Wildman–Crippen MR) is 240 cm³/mol. The summed E-state index contributed by atoms with van der Waals surface area (Å²) in [7, 11) is 0. The van der Waals surface area contributed by atoms with E-state index in [0.29, 0.717) is 35.6 Å². The molecule has 0 aliphatic carbocycles. The van der Waals surface area contributed by atoms with E-state index < -0.39 is 5.82 Å². The number of rotatable bonds is 10. The van der Waals surface area contributed by atoms with Crippen LogP contribution in [0.25, 0.3) is 33.5 Å². The van der Waals surface area contributed by atoms with Crippen molar-refractivity contribution in [2.24, 2.45) is 0 Å². The minimum absolute atomic E-state index is 0.0373. The number of aromatic nitrogens is 5. The number of carbonyl (C=O) groups is 2. The molecule has 0 bridgehead atoms. The molecular weight excluding hydrogens is 778 g/mol. The molecule has 2 atom stereocenters. The van der Waals surface area contributed by atoms with E-state index in [-0.39, 0.29) is 23.9 Å². The average molecular weight is 828 g/mol. The molecular formula is C50H50FN9O2. The molecule has 3 aromatic carbocycles. The summed E-state index contributed by atoms with van der Waals surface area (Å²) in [4.78, 5) is 56.2. The van der Waals surface area contributed by atoms with Gasteiger partial charge in [-0.25, -0.2) is 14.4 Å². The molecule has 62 heavy (non-hydrogen) atoms. The third-order valence-corrected chi connectivity index (χ3v) is 12.6. The number of aryl methyl sites for hydroxylation is 2. The van der Waals surface area contributed by atoms with Crippen molar-refractivity contribution >= 4 is 28.5 Å². The number of hydrogen-bond acceptors (Lipinski definition) is 8. The molecule has 11 nitrogen and oxygen atoms in total. The standard InChI is InChI=1S/C50H50FN9O2/c1-32-8-6-22-52-45(32)43-12-5-13-44(46-33(2)9-7-23-53-46)60(43)29-26-58-24-27-59(28-25-58)50(62)37-16-14-35(15-17-37)42-30-40-47(54-31-55-48(40)56-42)39-10-4-11-41(34(39)3)57-49(61)36-18-20-38(51)21-19-36/h4,6-11,14-23,30-31,43-44H,5,12-13,24-29H2,1-3H3,(H,57,61)(H,54,55,56)/t43-,44+. The molecule has 2 fully saturated rings. The number of nitrogens with zero attached hydrogens (tertiary/aromatic N) is 7. The zero-order valence-electron chi connectivity index (χ0n) is 35.3. The second-order valence-electron chi connectivity index (χ2n) is 16.4. The summed E-state index contributed by atoms with van der Waals surface area (Å²) in [6, 6.07) is 29.7. The number of piperidine rings is 1. The van der Waals surface area contributed by atoms with Crippen LogP contribution in [0.3, 0.4) is 0 Å². The van der Waals surface area contributed by atoms with Crippen LogP contribution in [0, 0.1) is 26.6 Å². The first-order valence-corrected chi connectivity index (χ1v) is 21.4. The quantitative estimate of drug-likeness (QED) is 0.140. The number of piperazine rings is 1. The average Bonchev–Trinajstić information content (AvgIpc) is 3.75. The maximum Gasteiger partial charge on any atom is 0.255 e. The fourth-order valence-electron chi connectivity index (χ4n) is 9.19. The Bertz CT molecular complexity index is 2670. The van der Waals surface area contributed by atoms with Crippen LogP contribution < -0.4 is 5.32 Å². The Kier molecular flexibility index (Phi) is 11.7. The smallest absolute Gasteiger partial charge is 0.255 e. The first-order chi connectivity index (χ1) is 30.2. The zero-order valence-corrected chi connectivity index (χ0v) is 35.3. The highest BCUT2D eigenvalue weighted by atomic mass is 19.1. The number of aromatic amines is 1. The van der Waals surface area contributed by atoms with Gasteiger partial charge in [0.1, 0.15) is 17.8 Å². The Morgan fingerprint density at radius 3 is 2.06 bits per heavy atom. The fraction of sp³-hybridized carbons (Fsp3) is 0.280. The summed E-state index contributed by atoms with van der Waals surface area (Å²) in [6.07, 6.45) is 8.65. The normalized spacial score (nSPS) is 17.3. The monoisotopic (exact) mass is 827 g/mol. The predicted octanol–water partition coefficient (Wildman–Crippen LogP) is 9.12. The Hall–Kier alpha value is -6.63. The number of hydrogen-bond donors (Lipinski definition) is 2. The Morgan fingerprint density at radius 1 is 0.742 bits per heavy atom. The van der Waals surface area contributed by atoms with Gasteiger partial charge in [0, 0.05) is 85.1 Å². The van der Waals surface area contributed by atoms with Gasteiger partial charge in [0.15, 0.2) is 0 Å². The largest absolute Gasteiger partial charge is 0.339 e. The van der Waals surface area contributed by atoms with Gasteiger partial charge in [0.2, 0.25) is 0 Å². The van der Waals surface area contributed by atoms with Crippen LogP contribution in [0.15, 0.2) is 116 Å². The Morgan fingerprint density at radius 2 is 1.40 bits per heavy atom. The number of nitrogens with one attached hydrogen (secondary N) is 2. The zero-order chi connectivity index (χ0) is 42.7. The molecule has 0 saturated carbocycles. The molecule has 0 unspecified atom stereocenters. The van der Waals surface area contributed by atoms with Gasteiger partial charge in [-0.05, 0) is 123 Å². The van der Waals surface area contributed by atoms with Crippen molar-refractivity contribution in [3.63, 3.8) is 0 Å². The molecule has 2 aliphatic heterocycles. The molecule has 7 aromatic rings. The van der Waals surface area contributed by atoms with Crippen molar-refractivity contribution in [1.82, 2.24) is 39.6 Å². The summed E-state index contributed by atoms with van der Waals surface area (Å²) in [5, 5.41) is 3.79. The van der Waals surface area contributed by atoms with Crippen molar-refractivity contribution in [3.8, 4) is 22.5 Å². The summed E-state index contributed by atoms with van der Waals surface area (Å²) in [5.74, 6) is -0.690. The van der Waals surface area contributed by atoms with E-state index in [1.54, 1.807) is 0 Å². The number of amides is 2. The van der Waals surface area contributed by atoms with Crippen molar-refractivity contribution < 1.29 is 14.0 Å². The number of halogens is 1. The number of fused-ring (bicyclic) bond motifs is 1. The van der Waals surface area contributed by atoms with E-state index in [4.69, 9.17) is 9.97 Å². The summed E-state index contributed by atoms with van der Waals surface area (Å²) >= 11 is 0. The molecule has 2 amide bonds. The summed E-state index contributed by atoms with van der Waals surface area (Å²) in [5.41, 5.74) is 11.3. The van der Waals surface area contributed by atoms with Gasteiger partial charge in [-0.3, -0.25) is 29.4 Å². The fourth-order valence-corrected chi connectivity index (χ4v) is 9.19. The molecule has 6 heterocycles. The first-order valence-electron chi connectivity index (χ1n) is 21.4. The summed E-state index contributed by atoms with van der Waals surface area (Å²) in [6.45, 7) is 11.1. The van der Waals surface area contributed by atoms with E-state index >= 15 is 0 Å². The SMILES string of the molecule is Cc1cccnc1[C@H]1CCC[C@@H](c2ncccc2C)N1CCN1CCN(C(=O)c2ccc(-c3cc4c(-c5cccc(NC(=O)c6ccc(F)cc6)c5C)ncnc4[nH]3)cc2)CC1. The van der Waals surface area contributed by atoms with Gasteiger partial charge in [0.05, 0.1) is 29.2 Å². The minimum Gasteiger partial charge on any atom is -0.339 e. The van der Waals surface area contributed by atoms with Crippen LogP contribution in [0.1, 0.15) is 80.1 Å². The van der Waals surface area contributed by atoms with Crippen molar-refractivity contribution in [3.05, 3.63) is 161 Å². The second-order valence-corrected chi connectivity index (χ2v) is 16.4. The van der Waals surface area contributed by atoms with Crippen LogP contribution in [0.4, 0.5) is 10.1 Å². The molecule has 2 aliphatic rings. The highest BCUT2D eigenvalue weighted by Crippen LogP contribution is 2.42. The number of pyridine rings is 2. The van der Waals surface area contributed by atoms with E-state index in [0.717, 1.165) is 78.9 Å². The number of likely N-dealkylation sites (tertiary alicyclic amines) is 1. The maximum absolute atomic E-state index is 13.8. The molecule has 2 N–H and O–H groups in total. The lowest BCUT2D eigenvalue weighted by molar-refractivity contribution is 0.0466. The number of benzene rings is 3. The highest BCUT2D eigenvalue weighted by Gasteiger charge is 2.36. The molecule has 9 rings (SSSR count). The second kappa shape index (κ2) is 17.8. The third-order valence-electron chi connectivity index (χ3n) is 12.6. The molecule has 0 radical (unpaired) electrons. The van der Waals surface area contributed by atoms with Crippen LogP contribution in [0.2, 0.25) is 0 Å². The lowest BCUT2D eigenvalue weighted by Crippen LogP contribution is -2.51. The summed E-state index contributed by atoms with van der Waals surface area (Å²) < 4.78 is 13.4. The number of carbonyl (C=O) groups excluding carboxylic acids is 2. The Labute approximate surface area is 361 Å². The van der Waals surface area contributed by atoms with Crippen LogP contribution in [-0.2, 0) is 0 Å². The van der Waals surface area contributed by atoms with Crippen molar-refractivity contribution in [2.45, 2.75) is 52.1 Å².